The molecule has 0 spiro atoms. The number of oxazole rings is 1. The molecule has 3 rings (SSSR count). The molecule has 0 atom stereocenters. The lowest BCUT2D eigenvalue weighted by Gasteiger charge is -2.11. The van der Waals surface area contributed by atoms with E-state index in [4.69, 9.17) is 9.15 Å². The summed E-state index contributed by atoms with van der Waals surface area (Å²) in [4.78, 5) is 8.88. The highest BCUT2D eigenvalue weighted by molar-refractivity contribution is 5.83. The van der Waals surface area contributed by atoms with Gasteiger partial charge in [0.25, 0.3) is 0 Å². The van der Waals surface area contributed by atoms with Crippen LogP contribution in [0, 0.1) is 13.8 Å². The number of aromatic nitrogens is 1. The topological polar surface area (TPSA) is 71.7 Å². The van der Waals surface area contributed by atoms with Crippen molar-refractivity contribution in [3.8, 4) is 5.75 Å². The van der Waals surface area contributed by atoms with Crippen molar-refractivity contribution in [1.29, 1.82) is 0 Å². The van der Waals surface area contributed by atoms with E-state index in [9.17, 15) is 0 Å². The van der Waals surface area contributed by atoms with E-state index >= 15 is 0 Å². The minimum Gasteiger partial charge on any atom is -0.494 e. The van der Waals surface area contributed by atoms with E-state index in [1.165, 1.54) is 10.8 Å². The summed E-state index contributed by atoms with van der Waals surface area (Å²) in [5, 5.41) is 8.96. The Bertz CT molecular complexity index is 914. The summed E-state index contributed by atoms with van der Waals surface area (Å²) in [6, 6.07) is 14.5. The summed E-state index contributed by atoms with van der Waals surface area (Å²) in [5.74, 6) is 3.12. The predicted octanol–water partition coefficient (Wildman–Crippen LogP) is 3.97. The molecule has 3 aromatic rings. The maximum atomic E-state index is 5.88. The maximum Gasteiger partial charge on any atom is 0.216 e. The zero-order valence-electron chi connectivity index (χ0n) is 16.8. The quantitative estimate of drug-likeness (QED) is 0.351. The van der Waals surface area contributed by atoms with Crippen molar-refractivity contribution in [2.75, 3.05) is 19.7 Å². The Morgan fingerprint density at radius 2 is 1.93 bits per heavy atom. The molecule has 0 amide bonds. The molecular weight excluding hydrogens is 352 g/mol. The molecule has 0 radical (unpaired) electrons. The highest BCUT2D eigenvalue weighted by Gasteiger charge is 2.05. The fraction of sp³-hybridized carbons (Fsp3) is 0.364. The van der Waals surface area contributed by atoms with E-state index < -0.39 is 0 Å². The van der Waals surface area contributed by atoms with Crippen LogP contribution in [0.4, 0.5) is 0 Å². The summed E-state index contributed by atoms with van der Waals surface area (Å²) >= 11 is 0. The van der Waals surface area contributed by atoms with Crippen molar-refractivity contribution < 1.29 is 9.15 Å². The predicted molar refractivity (Wildman–Crippen MR) is 113 cm³/mol. The molecule has 0 bridgehead atoms. The molecule has 2 N–H and O–H groups in total. The first-order valence-electron chi connectivity index (χ1n) is 9.72. The second kappa shape index (κ2) is 9.78. The van der Waals surface area contributed by atoms with Gasteiger partial charge < -0.3 is 19.8 Å². The van der Waals surface area contributed by atoms with Crippen molar-refractivity contribution >= 4 is 16.7 Å². The lowest BCUT2D eigenvalue weighted by molar-refractivity contribution is 0.311. The highest BCUT2D eigenvalue weighted by atomic mass is 16.5. The van der Waals surface area contributed by atoms with Crippen LogP contribution in [0.2, 0.25) is 0 Å². The minimum atomic E-state index is 0.414. The first-order valence-corrected chi connectivity index (χ1v) is 9.72. The van der Waals surface area contributed by atoms with Crippen molar-refractivity contribution in [2.45, 2.75) is 33.7 Å². The van der Waals surface area contributed by atoms with Gasteiger partial charge in [0.05, 0.1) is 12.3 Å². The number of hydrogen-bond acceptors (Lipinski definition) is 4. The van der Waals surface area contributed by atoms with Crippen LogP contribution in [0.25, 0.3) is 10.8 Å². The van der Waals surface area contributed by atoms with Crippen LogP contribution in [0.1, 0.15) is 30.7 Å². The van der Waals surface area contributed by atoms with Crippen molar-refractivity contribution in [3.63, 3.8) is 0 Å². The van der Waals surface area contributed by atoms with Gasteiger partial charge in [-0.15, -0.1) is 0 Å². The van der Waals surface area contributed by atoms with Crippen molar-refractivity contribution in [2.24, 2.45) is 4.99 Å². The number of aryl methyl sites for hydroxylation is 2. The molecule has 0 saturated heterocycles. The molecule has 0 aliphatic rings. The largest absolute Gasteiger partial charge is 0.494 e. The lowest BCUT2D eigenvalue weighted by Crippen LogP contribution is -2.38. The normalized spacial score (nSPS) is 11.6. The Hall–Kier alpha value is -3.02. The average Bonchev–Trinajstić information content (AvgIpc) is 3.03. The summed E-state index contributed by atoms with van der Waals surface area (Å²) in [7, 11) is 0. The Morgan fingerprint density at radius 3 is 2.68 bits per heavy atom. The fourth-order valence-electron chi connectivity index (χ4n) is 2.82. The molecule has 0 saturated carbocycles. The van der Waals surface area contributed by atoms with Crippen LogP contribution >= 0.6 is 0 Å². The number of ether oxygens (including phenoxy) is 1. The molecule has 148 valence electrons. The molecule has 6 heteroatoms. The van der Waals surface area contributed by atoms with E-state index in [0.717, 1.165) is 42.7 Å². The van der Waals surface area contributed by atoms with E-state index in [1.54, 1.807) is 0 Å². The Balaban J connectivity index is 1.44. The van der Waals surface area contributed by atoms with E-state index in [2.05, 4.69) is 44.9 Å². The smallest absolute Gasteiger partial charge is 0.216 e. The van der Waals surface area contributed by atoms with Gasteiger partial charge in [0.15, 0.2) is 5.96 Å². The molecule has 28 heavy (non-hydrogen) atoms. The van der Waals surface area contributed by atoms with Gasteiger partial charge in [-0.05, 0) is 50.1 Å². The zero-order chi connectivity index (χ0) is 19.8. The average molecular weight is 380 g/mol. The monoisotopic (exact) mass is 380 g/mol. The second-order valence-electron chi connectivity index (χ2n) is 6.58. The van der Waals surface area contributed by atoms with Gasteiger partial charge in [-0.25, -0.2) is 9.98 Å². The van der Waals surface area contributed by atoms with Crippen LogP contribution in [0.15, 0.2) is 51.9 Å². The molecule has 0 aliphatic carbocycles. The van der Waals surface area contributed by atoms with Crippen LogP contribution in [0.5, 0.6) is 5.75 Å². The summed E-state index contributed by atoms with van der Waals surface area (Å²) in [6.45, 7) is 8.51. The molecule has 6 nitrogen and oxygen atoms in total. The zero-order valence-corrected chi connectivity index (χ0v) is 16.8. The third kappa shape index (κ3) is 5.49. The van der Waals surface area contributed by atoms with Gasteiger partial charge in [-0.3, -0.25) is 0 Å². The summed E-state index contributed by atoms with van der Waals surface area (Å²) in [6.07, 6.45) is 0.870. The van der Waals surface area contributed by atoms with Gasteiger partial charge >= 0.3 is 0 Å². The molecule has 1 heterocycles. The van der Waals surface area contributed by atoms with Crippen LogP contribution in [0.3, 0.4) is 0 Å². The van der Waals surface area contributed by atoms with Gasteiger partial charge in [-0.2, -0.15) is 0 Å². The first-order chi connectivity index (χ1) is 13.7. The van der Waals surface area contributed by atoms with Crippen LogP contribution in [-0.4, -0.2) is 30.6 Å². The van der Waals surface area contributed by atoms with Gasteiger partial charge in [0, 0.05) is 13.1 Å². The fourth-order valence-corrected chi connectivity index (χ4v) is 2.82. The molecule has 0 aliphatic heterocycles. The number of guanidine groups is 1. The molecular formula is C22H28N4O2. The number of hydrogen-bond donors (Lipinski definition) is 2. The molecule has 1 aromatic heterocycles. The van der Waals surface area contributed by atoms with Crippen molar-refractivity contribution in [1.82, 2.24) is 15.6 Å². The maximum absolute atomic E-state index is 5.88. The number of nitrogens with zero attached hydrogens (tertiary/aromatic N) is 2. The molecule has 0 unspecified atom stereocenters. The van der Waals surface area contributed by atoms with E-state index in [-0.39, 0.29) is 0 Å². The van der Waals surface area contributed by atoms with Gasteiger partial charge in [-0.1, -0.05) is 30.3 Å². The van der Waals surface area contributed by atoms with Crippen molar-refractivity contribution in [3.05, 3.63) is 59.8 Å². The van der Waals surface area contributed by atoms with Gasteiger partial charge in [0.2, 0.25) is 5.89 Å². The molecule has 2 aromatic carbocycles. The van der Waals surface area contributed by atoms with Crippen LogP contribution < -0.4 is 15.4 Å². The molecule has 0 fully saturated rings. The second-order valence-corrected chi connectivity index (χ2v) is 6.58. The van der Waals surface area contributed by atoms with E-state index in [0.29, 0.717) is 19.0 Å². The lowest BCUT2D eigenvalue weighted by atomic mass is 10.1. The number of benzene rings is 2. The Morgan fingerprint density at radius 1 is 1.11 bits per heavy atom. The Labute approximate surface area is 166 Å². The Kier molecular flexibility index (Phi) is 6.89. The summed E-state index contributed by atoms with van der Waals surface area (Å²) in [5.41, 5.74) is 0.911. The first kappa shape index (κ1) is 19.7. The number of fused-ring (bicyclic) bond motifs is 1. The number of aliphatic imine (C=N–C) groups is 1. The minimum absolute atomic E-state index is 0.414. The standard InChI is InChI=1S/C22H28N4O2/c1-4-23-22(25-15-21-26-16(2)17(3)28-21)24-12-7-13-27-20-11-10-18-8-5-6-9-19(18)14-20/h5-6,8-11,14H,4,7,12-13,15H2,1-3H3,(H2,23,24,25). The van der Waals surface area contributed by atoms with Gasteiger partial charge in [0.1, 0.15) is 18.1 Å². The third-order valence-corrected chi connectivity index (χ3v) is 4.39. The third-order valence-electron chi connectivity index (χ3n) is 4.39. The van der Waals surface area contributed by atoms with Crippen LogP contribution in [-0.2, 0) is 6.54 Å². The number of nitrogens with one attached hydrogen (secondary N) is 2. The van der Waals surface area contributed by atoms with E-state index in [1.807, 2.05) is 39.0 Å². The SMILES string of the molecule is CCNC(=NCc1nc(C)c(C)o1)NCCCOc1ccc2ccccc2c1. The summed E-state index contributed by atoms with van der Waals surface area (Å²) < 4.78 is 11.4. The highest BCUT2D eigenvalue weighted by Crippen LogP contribution is 2.20. The number of rotatable bonds is 8.